The summed E-state index contributed by atoms with van der Waals surface area (Å²) >= 11 is 6.01. The SMILES string of the molecule is COc1c(Cl)cc(S(=O)(=O)N2CC(C)CC(C)C2)cc1C(=O)O. The van der Waals surface area contributed by atoms with Crippen molar-refractivity contribution in [2.45, 2.75) is 25.2 Å². The lowest BCUT2D eigenvalue weighted by atomic mass is 9.94. The minimum Gasteiger partial charge on any atom is -0.494 e. The van der Waals surface area contributed by atoms with Crippen molar-refractivity contribution < 1.29 is 23.1 Å². The third-order valence-corrected chi connectivity index (χ3v) is 6.01. The molecule has 0 saturated carbocycles. The van der Waals surface area contributed by atoms with Crippen molar-refractivity contribution in [2.75, 3.05) is 20.2 Å². The van der Waals surface area contributed by atoms with Gasteiger partial charge in [0.05, 0.1) is 17.0 Å². The highest BCUT2D eigenvalue weighted by molar-refractivity contribution is 7.89. The van der Waals surface area contributed by atoms with Crippen molar-refractivity contribution in [3.05, 3.63) is 22.7 Å². The Bertz CT molecular complexity index is 709. The number of carboxylic acid groups (broad SMARTS) is 1. The molecule has 1 aromatic carbocycles. The number of carboxylic acids is 1. The second-order valence-electron chi connectivity index (χ2n) is 6.06. The van der Waals surface area contributed by atoms with Crippen molar-refractivity contribution in [3.63, 3.8) is 0 Å². The summed E-state index contributed by atoms with van der Waals surface area (Å²) in [5, 5.41) is 9.22. The van der Waals surface area contributed by atoms with Gasteiger partial charge in [-0.2, -0.15) is 4.31 Å². The number of hydrogen-bond donors (Lipinski definition) is 1. The molecule has 0 aliphatic carbocycles. The first-order valence-corrected chi connectivity index (χ1v) is 9.09. The molecule has 0 amide bonds. The van der Waals surface area contributed by atoms with Gasteiger partial charge < -0.3 is 9.84 Å². The van der Waals surface area contributed by atoms with Gasteiger partial charge in [-0.05, 0) is 30.4 Å². The molecule has 1 aliphatic rings. The van der Waals surface area contributed by atoms with E-state index in [4.69, 9.17) is 16.3 Å². The van der Waals surface area contributed by atoms with Crippen LogP contribution in [0, 0.1) is 11.8 Å². The fourth-order valence-corrected chi connectivity index (χ4v) is 5.13. The molecule has 2 rings (SSSR count). The number of aromatic carboxylic acids is 1. The largest absolute Gasteiger partial charge is 0.494 e. The predicted molar refractivity (Wildman–Crippen MR) is 86.7 cm³/mol. The molecule has 0 radical (unpaired) electrons. The topological polar surface area (TPSA) is 83.9 Å². The number of carbonyl (C=O) groups is 1. The monoisotopic (exact) mass is 361 g/mol. The number of ether oxygens (including phenoxy) is 1. The summed E-state index contributed by atoms with van der Waals surface area (Å²) in [7, 11) is -2.51. The number of nitrogens with zero attached hydrogens (tertiary/aromatic N) is 1. The van der Waals surface area contributed by atoms with Crippen LogP contribution in [0.2, 0.25) is 5.02 Å². The Labute approximate surface area is 141 Å². The molecular weight excluding hydrogens is 342 g/mol. The third-order valence-electron chi connectivity index (χ3n) is 3.92. The average molecular weight is 362 g/mol. The van der Waals surface area contributed by atoms with Crippen LogP contribution in [0.4, 0.5) is 0 Å². The van der Waals surface area contributed by atoms with Crippen LogP contribution in [0.15, 0.2) is 17.0 Å². The van der Waals surface area contributed by atoms with E-state index < -0.39 is 16.0 Å². The standard InChI is InChI=1S/C15H20ClNO5S/c1-9-4-10(2)8-17(7-9)23(20,21)11-5-12(15(18)19)14(22-3)13(16)6-11/h5-6,9-10H,4,7-8H2,1-3H3,(H,18,19). The zero-order chi connectivity index (χ0) is 17.4. The second kappa shape index (κ2) is 6.67. The van der Waals surface area contributed by atoms with Crippen LogP contribution in [0.5, 0.6) is 5.75 Å². The summed E-state index contributed by atoms with van der Waals surface area (Å²) < 4.78 is 32.0. The Hall–Kier alpha value is -1.31. The summed E-state index contributed by atoms with van der Waals surface area (Å²) in [6.07, 6.45) is 0.968. The van der Waals surface area contributed by atoms with E-state index in [1.807, 2.05) is 13.8 Å². The van der Waals surface area contributed by atoms with Gasteiger partial charge in [0.2, 0.25) is 10.0 Å². The van der Waals surface area contributed by atoms with Gasteiger partial charge in [-0.3, -0.25) is 0 Å². The van der Waals surface area contributed by atoms with Crippen LogP contribution in [-0.2, 0) is 10.0 Å². The van der Waals surface area contributed by atoms with Gasteiger partial charge in [0.1, 0.15) is 5.56 Å². The average Bonchev–Trinajstić information content (AvgIpc) is 2.45. The van der Waals surface area contributed by atoms with Crippen LogP contribution >= 0.6 is 11.6 Å². The van der Waals surface area contributed by atoms with Crippen molar-refractivity contribution in [1.82, 2.24) is 4.31 Å². The van der Waals surface area contributed by atoms with Crippen molar-refractivity contribution in [3.8, 4) is 5.75 Å². The first-order valence-electron chi connectivity index (χ1n) is 7.27. The molecule has 128 valence electrons. The first kappa shape index (κ1) is 18.0. The Kier molecular flexibility index (Phi) is 5.23. The lowest BCUT2D eigenvalue weighted by molar-refractivity contribution is 0.0693. The number of sulfonamides is 1. The van der Waals surface area contributed by atoms with Gasteiger partial charge in [-0.1, -0.05) is 25.4 Å². The Morgan fingerprint density at radius 3 is 2.35 bits per heavy atom. The molecule has 1 aromatic rings. The van der Waals surface area contributed by atoms with E-state index in [1.165, 1.54) is 17.5 Å². The van der Waals surface area contributed by atoms with Crippen LogP contribution in [-0.4, -0.2) is 44.0 Å². The second-order valence-corrected chi connectivity index (χ2v) is 8.40. The molecule has 23 heavy (non-hydrogen) atoms. The number of hydrogen-bond acceptors (Lipinski definition) is 4. The lowest BCUT2D eigenvalue weighted by Gasteiger charge is -2.34. The molecule has 2 unspecified atom stereocenters. The summed E-state index contributed by atoms with van der Waals surface area (Å²) in [5.74, 6) is -0.831. The van der Waals surface area contributed by atoms with Crippen molar-refractivity contribution in [2.24, 2.45) is 11.8 Å². The van der Waals surface area contributed by atoms with Crippen LogP contribution < -0.4 is 4.74 Å². The highest BCUT2D eigenvalue weighted by atomic mass is 35.5. The van der Waals surface area contributed by atoms with E-state index in [0.29, 0.717) is 13.1 Å². The fraction of sp³-hybridized carbons (Fsp3) is 0.533. The maximum atomic E-state index is 12.8. The minimum atomic E-state index is -3.80. The molecule has 1 aliphatic heterocycles. The fourth-order valence-electron chi connectivity index (χ4n) is 3.03. The molecule has 0 aromatic heterocycles. The molecule has 1 saturated heterocycles. The number of rotatable bonds is 4. The maximum Gasteiger partial charge on any atom is 0.339 e. The van der Waals surface area contributed by atoms with E-state index >= 15 is 0 Å². The predicted octanol–water partition coefficient (Wildman–Crippen LogP) is 2.71. The molecule has 1 fully saturated rings. The molecule has 2 atom stereocenters. The maximum absolute atomic E-state index is 12.8. The van der Waals surface area contributed by atoms with E-state index in [-0.39, 0.29) is 33.1 Å². The Morgan fingerprint density at radius 2 is 1.87 bits per heavy atom. The van der Waals surface area contributed by atoms with E-state index in [1.54, 1.807) is 0 Å². The molecule has 1 heterocycles. The van der Waals surface area contributed by atoms with Gasteiger partial charge in [0.25, 0.3) is 0 Å². The first-order chi connectivity index (χ1) is 10.7. The summed E-state index contributed by atoms with van der Waals surface area (Å²) in [4.78, 5) is 11.2. The number of benzene rings is 1. The normalized spacial score (nSPS) is 22.8. The quantitative estimate of drug-likeness (QED) is 0.891. The summed E-state index contributed by atoms with van der Waals surface area (Å²) in [6.45, 7) is 4.83. The minimum absolute atomic E-state index is 0.0379. The van der Waals surface area contributed by atoms with Crippen molar-refractivity contribution >= 4 is 27.6 Å². The summed E-state index contributed by atoms with van der Waals surface area (Å²) in [6, 6.07) is 2.35. The van der Waals surface area contributed by atoms with E-state index in [0.717, 1.165) is 12.5 Å². The Balaban J connectivity index is 2.50. The van der Waals surface area contributed by atoms with Gasteiger partial charge in [-0.25, -0.2) is 13.2 Å². The Morgan fingerprint density at radius 1 is 1.30 bits per heavy atom. The highest BCUT2D eigenvalue weighted by Gasteiger charge is 2.33. The zero-order valence-electron chi connectivity index (χ0n) is 13.2. The van der Waals surface area contributed by atoms with Gasteiger partial charge in [0, 0.05) is 13.1 Å². The smallest absolute Gasteiger partial charge is 0.339 e. The zero-order valence-corrected chi connectivity index (χ0v) is 14.8. The molecule has 0 bridgehead atoms. The van der Waals surface area contributed by atoms with E-state index in [2.05, 4.69) is 0 Å². The van der Waals surface area contributed by atoms with Gasteiger partial charge >= 0.3 is 5.97 Å². The van der Waals surface area contributed by atoms with Crippen LogP contribution in [0.25, 0.3) is 0 Å². The molecule has 0 spiro atoms. The molecule has 1 N–H and O–H groups in total. The molecule has 8 heteroatoms. The number of methoxy groups -OCH3 is 1. The van der Waals surface area contributed by atoms with Gasteiger partial charge in [-0.15, -0.1) is 0 Å². The highest BCUT2D eigenvalue weighted by Crippen LogP contribution is 2.34. The number of piperidine rings is 1. The summed E-state index contributed by atoms with van der Waals surface area (Å²) in [5.41, 5.74) is -0.267. The molecular formula is C15H20ClNO5S. The van der Waals surface area contributed by atoms with E-state index in [9.17, 15) is 18.3 Å². The lowest BCUT2D eigenvalue weighted by Crippen LogP contribution is -2.42. The van der Waals surface area contributed by atoms with Crippen molar-refractivity contribution in [1.29, 1.82) is 0 Å². The van der Waals surface area contributed by atoms with Crippen LogP contribution in [0.1, 0.15) is 30.6 Å². The van der Waals surface area contributed by atoms with Crippen LogP contribution in [0.3, 0.4) is 0 Å². The molecule has 6 nitrogen and oxygen atoms in total. The number of halogens is 1. The third kappa shape index (κ3) is 3.62. The van der Waals surface area contributed by atoms with Gasteiger partial charge in [0.15, 0.2) is 5.75 Å².